The molecule has 0 amide bonds. The zero-order valence-corrected chi connectivity index (χ0v) is 14.8. The second-order valence-corrected chi connectivity index (χ2v) is 6.37. The van der Waals surface area contributed by atoms with Crippen molar-refractivity contribution in [1.82, 2.24) is 0 Å². The number of aromatic carboxylic acids is 1. The zero-order valence-electron chi connectivity index (χ0n) is 12.0. The molecule has 1 aliphatic carbocycles. The Kier molecular flexibility index (Phi) is 6.06. The van der Waals surface area contributed by atoms with Crippen molar-refractivity contribution in [2.24, 2.45) is 5.92 Å². The molecule has 2 rings (SSSR count). The van der Waals surface area contributed by atoms with Gasteiger partial charge < -0.3 is 15.6 Å². The second kappa shape index (κ2) is 7.22. The molecular formula is C14H10NNaO6S. The Labute approximate surface area is 154 Å². The van der Waals surface area contributed by atoms with Crippen LogP contribution in [0.3, 0.4) is 0 Å². The Balaban J connectivity index is 0.00000264. The van der Waals surface area contributed by atoms with Crippen LogP contribution in [0.2, 0.25) is 0 Å². The SMILES string of the molecule is [N-]=C1C(S(=O)(=O)c2cccc(C(=O)O)c2)=CC=CC1C(=O)O.[Na+]. The summed E-state index contributed by atoms with van der Waals surface area (Å²) in [6, 6.07) is 4.59. The minimum absolute atomic E-state index is 0. The average Bonchev–Trinajstić information content (AvgIpc) is 2.47. The number of hydrogen-bond acceptors (Lipinski definition) is 4. The van der Waals surface area contributed by atoms with Crippen LogP contribution in [0.5, 0.6) is 0 Å². The number of allylic oxidation sites excluding steroid dienone is 3. The predicted molar refractivity (Wildman–Crippen MR) is 77.3 cm³/mol. The van der Waals surface area contributed by atoms with Crippen LogP contribution in [-0.4, -0.2) is 36.3 Å². The van der Waals surface area contributed by atoms with Crippen LogP contribution in [0.1, 0.15) is 10.4 Å². The van der Waals surface area contributed by atoms with Gasteiger partial charge in [0, 0.05) is 0 Å². The van der Waals surface area contributed by atoms with Crippen molar-refractivity contribution < 1.29 is 57.8 Å². The van der Waals surface area contributed by atoms with Gasteiger partial charge >= 0.3 is 41.5 Å². The van der Waals surface area contributed by atoms with Gasteiger partial charge in [0.25, 0.3) is 0 Å². The van der Waals surface area contributed by atoms with E-state index in [1.165, 1.54) is 24.3 Å². The van der Waals surface area contributed by atoms with Gasteiger partial charge in [-0.05, 0) is 24.3 Å². The molecule has 0 radical (unpaired) electrons. The molecule has 1 aromatic carbocycles. The monoisotopic (exact) mass is 343 g/mol. The summed E-state index contributed by atoms with van der Waals surface area (Å²) in [5.74, 6) is -4.16. The van der Waals surface area contributed by atoms with Gasteiger partial charge in [0.15, 0.2) is 0 Å². The topological polar surface area (TPSA) is 131 Å². The van der Waals surface area contributed by atoms with Crippen LogP contribution in [0.4, 0.5) is 0 Å². The van der Waals surface area contributed by atoms with Crippen molar-refractivity contribution >= 4 is 27.5 Å². The van der Waals surface area contributed by atoms with Gasteiger partial charge in [-0.15, -0.1) is 5.71 Å². The second-order valence-electron chi connectivity index (χ2n) is 4.45. The minimum Gasteiger partial charge on any atom is -0.806 e. The first-order valence-electron chi connectivity index (χ1n) is 6.01. The molecule has 0 aliphatic heterocycles. The fraction of sp³-hybridized carbons (Fsp3) is 0.0714. The third-order valence-electron chi connectivity index (χ3n) is 3.05. The molecule has 0 bridgehead atoms. The maximum Gasteiger partial charge on any atom is 1.00 e. The standard InChI is InChI=1S/C14H10NO6S.Na/c15-12-10(14(18)19)5-2-6-11(12)22(20,21)9-4-1-3-8(7-9)13(16)17;/h1-7,10H,(H,16,17)(H,18,19);/q-1;+1. The molecule has 0 fully saturated rings. The van der Waals surface area contributed by atoms with Gasteiger partial charge in [0.05, 0.1) is 21.3 Å². The van der Waals surface area contributed by atoms with E-state index in [1.54, 1.807) is 0 Å². The molecule has 2 N–H and O–H groups in total. The van der Waals surface area contributed by atoms with E-state index in [0.717, 1.165) is 18.2 Å². The van der Waals surface area contributed by atoms with Crippen molar-refractivity contribution in [2.45, 2.75) is 4.90 Å². The van der Waals surface area contributed by atoms with Gasteiger partial charge in [0.1, 0.15) is 0 Å². The van der Waals surface area contributed by atoms with Crippen LogP contribution < -0.4 is 29.6 Å². The molecule has 0 heterocycles. The molecule has 0 aromatic heterocycles. The third-order valence-corrected chi connectivity index (χ3v) is 4.84. The van der Waals surface area contributed by atoms with Crippen molar-refractivity contribution in [3.63, 3.8) is 0 Å². The summed E-state index contributed by atoms with van der Waals surface area (Å²) in [5.41, 5.74) is -1.04. The van der Waals surface area contributed by atoms with Crippen molar-refractivity contribution in [1.29, 1.82) is 0 Å². The number of aliphatic carboxylic acids is 1. The molecule has 0 saturated carbocycles. The first kappa shape index (κ1) is 19.3. The first-order chi connectivity index (χ1) is 10.2. The number of hydrogen-bond donors (Lipinski definition) is 2. The molecule has 9 heteroatoms. The van der Waals surface area contributed by atoms with Gasteiger partial charge in [0.2, 0.25) is 9.84 Å². The fourth-order valence-corrected chi connectivity index (χ4v) is 3.39. The normalized spacial score (nSPS) is 17.1. The van der Waals surface area contributed by atoms with Crippen LogP contribution >= 0.6 is 0 Å². The summed E-state index contributed by atoms with van der Waals surface area (Å²) in [5, 5.41) is 27.7. The Morgan fingerprint density at radius 1 is 1.17 bits per heavy atom. The number of carboxylic acid groups (broad SMARTS) is 2. The van der Waals surface area contributed by atoms with Crippen molar-refractivity contribution in [3.8, 4) is 0 Å². The Morgan fingerprint density at radius 2 is 1.83 bits per heavy atom. The summed E-state index contributed by atoms with van der Waals surface area (Å²) >= 11 is 0. The Morgan fingerprint density at radius 3 is 2.39 bits per heavy atom. The van der Waals surface area contributed by atoms with E-state index < -0.39 is 38.3 Å². The molecule has 1 aromatic rings. The number of carboxylic acids is 2. The average molecular weight is 343 g/mol. The molecule has 0 spiro atoms. The number of nitrogens with zero attached hydrogens (tertiary/aromatic N) is 1. The molecule has 1 atom stereocenters. The van der Waals surface area contributed by atoms with Gasteiger partial charge in [-0.3, -0.25) is 4.79 Å². The van der Waals surface area contributed by atoms with Gasteiger partial charge in [-0.25, -0.2) is 13.2 Å². The van der Waals surface area contributed by atoms with E-state index in [2.05, 4.69) is 0 Å². The first-order valence-corrected chi connectivity index (χ1v) is 7.49. The fourth-order valence-electron chi connectivity index (χ4n) is 1.93. The van der Waals surface area contributed by atoms with Gasteiger partial charge in [-0.2, -0.15) is 0 Å². The number of benzene rings is 1. The van der Waals surface area contributed by atoms with E-state index in [1.807, 2.05) is 0 Å². The van der Waals surface area contributed by atoms with Crippen LogP contribution in [-0.2, 0) is 14.6 Å². The molecule has 23 heavy (non-hydrogen) atoms. The molecule has 114 valence electrons. The minimum atomic E-state index is -4.24. The van der Waals surface area contributed by atoms with E-state index in [9.17, 15) is 23.4 Å². The summed E-state index contributed by atoms with van der Waals surface area (Å²) in [4.78, 5) is 21.0. The molecule has 0 saturated heterocycles. The Hall–Kier alpha value is -1.74. The van der Waals surface area contributed by atoms with Crippen molar-refractivity contribution in [3.05, 3.63) is 58.4 Å². The van der Waals surface area contributed by atoms with Crippen LogP contribution in [0.25, 0.3) is 5.41 Å². The van der Waals surface area contributed by atoms with E-state index in [4.69, 9.17) is 10.2 Å². The smallest absolute Gasteiger partial charge is 0.806 e. The molecular weight excluding hydrogens is 333 g/mol. The summed E-state index contributed by atoms with van der Waals surface area (Å²) in [6.45, 7) is 0. The number of sulfone groups is 1. The molecule has 7 nitrogen and oxygen atoms in total. The van der Waals surface area contributed by atoms with Crippen molar-refractivity contribution in [2.75, 3.05) is 0 Å². The summed E-state index contributed by atoms with van der Waals surface area (Å²) in [7, 11) is -4.24. The molecule has 1 unspecified atom stereocenters. The Bertz CT molecular complexity index is 841. The summed E-state index contributed by atoms with van der Waals surface area (Å²) < 4.78 is 24.9. The number of rotatable bonds is 4. The largest absolute Gasteiger partial charge is 1.00 e. The quantitative estimate of drug-likeness (QED) is 0.628. The van der Waals surface area contributed by atoms with Crippen LogP contribution in [0, 0.1) is 5.92 Å². The van der Waals surface area contributed by atoms with Gasteiger partial charge in [-0.1, -0.05) is 18.2 Å². The zero-order chi connectivity index (χ0) is 16.5. The maximum atomic E-state index is 12.5. The maximum absolute atomic E-state index is 12.5. The predicted octanol–water partition coefficient (Wildman–Crippen LogP) is -1.67. The molecule has 1 aliphatic rings. The summed E-state index contributed by atoms with van der Waals surface area (Å²) in [6.07, 6.45) is 3.42. The van der Waals surface area contributed by atoms with E-state index in [-0.39, 0.29) is 40.0 Å². The third kappa shape index (κ3) is 3.78. The van der Waals surface area contributed by atoms with E-state index in [0.29, 0.717) is 0 Å². The number of carbonyl (C=O) groups is 2. The van der Waals surface area contributed by atoms with Crippen LogP contribution in [0.15, 0.2) is 52.3 Å². The van der Waals surface area contributed by atoms with E-state index >= 15 is 0 Å².